The lowest BCUT2D eigenvalue weighted by Gasteiger charge is -2.14. The minimum atomic E-state index is 0.389. The van der Waals surface area contributed by atoms with Gasteiger partial charge >= 0.3 is 0 Å². The lowest BCUT2D eigenvalue weighted by molar-refractivity contribution is 0.317. The number of hydrogen-bond donors (Lipinski definition) is 1. The average molecular weight is 207 g/mol. The number of hydrogen-bond acceptors (Lipinski definition) is 2. The van der Waals surface area contributed by atoms with Crippen LogP contribution < -0.4 is 10.1 Å². The van der Waals surface area contributed by atoms with E-state index in [-0.39, 0.29) is 0 Å². The molecule has 0 radical (unpaired) electrons. The molecule has 0 aromatic heterocycles. The predicted molar refractivity (Wildman–Crippen MR) is 64.3 cm³/mol. The molecular weight excluding hydrogens is 186 g/mol. The smallest absolute Gasteiger partial charge is 0.119 e. The van der Waals surface area contributed by atoms with Gasteiger partial charge in [-0.2, -0.15) is 0 Å². The summed E-state index contributed by atoms with van der Waals surface area (Å²) in [6.07, 6.45) is 1.05. The molecule has 84 valence electrons. The fourth-order valence-corrected chi connectivity index (χ4v) is 1.52. The lowest BCUT2D eigenvalue weighted by Crippen LogP contribution is -2.17. The molecule has 0 bridgehead atoms. The van der Waals surface area contributed by atoms with E-state index in [1.807, 2.05) is 12.1 Å². The molecular formula is C13H21NO. The number of nitrogens with one attached hydrogen (secondary N) is 1. The normalized spacial score (nSPS) is 12.5. The summed E-state index contributed by atoms with van der Waals surface area (Å²) in [5, 5.41) is 3.39. The maximum absolute atomic E-state index is 5.60. The van der Waals surface area contributed by atoms with Crippen molar-refractivity contribution in [2.75, 3.05) is 13.2 Å². The van der Waals surface area contributed by atoms with Crippen LogP contribution in [-0.4, -0.2) is 13.2 Å². The first-order valence-electron chi connectivity index (χ1n) is 5.74. The fourth-order valence-electron chi connectivity index (χ4n) is 1.52. The molecule has 0 spiro atoms. The fraction of sp³-hybridized carbons (Fsp3) is 0.538. The lowest BCUT2D eigenvalue weighted by atomic mass is 10.1. The number of rotatable bonds is 6. The van der Waals surface area contributed by atoms with Gasteiger partial charge in [0.25, 0.3) is 0 Å². The van der Waals surface area contributed by atoms with E-state index < -0.39 is 0 Å². The minimum absolute atomic E-state index is 0.389. The first kappa shape index (κ1) is 12.1. The van der Waals surface area contributed by atoms with Crippen LogP contribution in [-0.2, 0) is 0 Å². The summed E-state index contributed by atoms with van der Waals surface area (Å²) >= 11 is 0. The number of benzene rings is 1. The molecule has 0 saturated heterocycles. The number of ether oxygens (including phenoxy) is 1. The largest absolute Gasteiger partial charge is 0.494 e. The Morgan fingerprint density at radius 1 is 1.33 bits per heavy atom. The molecule has 0 amide bonds. The van der Waals surface area contributed by atoms with Gasteiger partial charge in [-0.15, -0.1) is 0 Å². The van der Waals surface area contributed by atoms with Gasteiger partial charge in [-0.3, -0.25) is 0 Å². The zero-order chi connectivity index (χ0) is 11.1. The third-order valence-electron chi connectivity index (χ3n) is 2.34. The van der Waals surface area contributed by atoms with E-state index in [1.165, 1.54) is 5.56 Å². The van der Waals surface area contributed by atoms with E-state index in [2.05, 4.69) is 38.2 Å². The monoisotopic (exact) mass is 207 g/mol. The summed E-state index contributed by atoms with van der Waals surface area (Å²) in [7, 11) is 0. The van der Waals surface area contributed by atoms with E-state index in [0.717, 1.165) is 25.3 Å². The SMILES string of the molecule is CCCOc1cccc(C(C)NCC)c1. The van der Waals surface area contributed by atoms with Crippen molar-refractivity contribution in [1.29, 1.82) is 0 Å². The van der Waals surface area contributed by atoms with Crippen LogP contribution in [0.5, 0.6) is 5.75 Å². The summed E-state index contributed by atoms with van der Waals surface area (Å²) in [5.74, 6) is 0.971. The van der Waals surface area contributed by atoms with Gasteiger partial charge in [-0.05, 0) is 37.6 Å². The summed E-state index contributed by atoms with van der Waals surface area (Å²) < 4.78 is 5.60. The Kier molecular flexibility index (Phi) is 5.19. The van der Waals surface area contributed by atoms with Gasteiger partial charge in [0.15, 0.2) is 0 Å². The highest BCUT2D eigenvalue weighted by molar-refractivity contribution is 5.30. The molecule has 1 aromatic carbocycles. The zero-order valence-corrected chi connectivity index (χ0v) is 9.92. The van der Waals surface area contributed by atoms with Crippen LogP contribution in [0, 0.1) is 0 Å². The highest BCUT2D eigenvalue weighted by atomic mass is 16.5. The van der Waals surface area contributed by atoms with Crippen LogP contribution in [0.25, 0.3) is 0 Å². The van der Waals surface area contributed by atoms with Crippen LogP contribution in [0.4, 0.5) is 0 Å². The molecule has 1 N–H and O–H groups in total. The molecule has 0 aliphatic rings. The Morgan fingerprint density at radius 3 is 2.80 bits per heavy atom. The molecule has 2 nitrogen and oxygen atoms in total. The molecule has 0 saturated carbocycles. The Labute approximate surface area is 92.6 Å². The third kappa shape index (κ3) is 3.92. The summed E-state index contributed by atoms with van der Waals surface area (Å²) in [5.41, 5.74) is 1.28. The first-order valence-corrected chi connectivity index (χ1v) is 5.74. The summed E-state index contributed by atoms with van der Waals surface area (Å²) in [6, 6.07) is 8.70. The maximum atomic E-state index is 5.60. The molecule has 1 rings (SSSR count). The van der Waals surface area contributed by atoms with E-state index >= 15 is 0 Å². The van der Waals surface area contributed by atoms with Gasteiger partial charge < -0.3 is 10.1 Å². The van der Waals surface area contributed by atoms with Gasteiger partial charge in [0, 0.05) is 6.04 Å². The van der Waals surface area contributed by atoms with Gasteiger partial charge in [0.05, 0.1) is 6.61 Å². The second-order valence-corrected chi connectivity index (χ2v) is 3.70. The highest BCUT2D eigenvalue weighted by Gasteiger charge is 2.04. The van der Waals surface area contributed by atoms with Gasteiger partial charge in [0.2, 0.25) is 0 Å². The Morgan fingerprint density at radius 2 is 2.13 bits per heavy atom. The van der Waals surface area contributed by atoms with E-state index in [0.29, 0.717) is 6.04 Å². The van der Waals surface area contributed by atoms with Crippen molar-refractivity contribution >= 4 is 0 Å². The second kappa shape index (κ2) is 6.46. The Hall–Kier alpha value is -1.02. The molecule has 0 fully saturated rings. The van der Waals surface area contributed by atoms with Gasteiger partial charge in [-0.1, -0.05) is 26.0 Å². The topological polar surface area (TPSA) is 21.3 Å². The Balaban J connectivity index is 2.64. The molecule has 1 aromatic rings. The van der Waals surface area contributed by atoms with Gasteiger partial charge in [0.1, 0.15) is 5.75 Å². The van der Waals surface area contributed by atoms with Crippen molar-refractivity contribution in [3.63, 3.8) is 0 Å². The van der Waals surface area contributed by atoms with E-state index in [1.54, 1.807) is 0 Å². The van der Waals surface area contributed by atoms with Crippen molar-refractivity contribution in [2.45, 2.75) is 33.2 Å². The van der Waals surface area contributed by atoms with Crippen LogP contribution >= 0.6 is 0 Å². The van der Waals surface area contributed by atoms with Crippen molar-refractivity contribution < 1.29 is 4.74 Å². The molecule has 1 unspecified atom stereocenters. The molecule has 1 atom stereocenters. The molecule has 0 heterocycles. The van der Waals surface area contributed by atoms with Crippen LogP contribution in [0.1, 0.15) is 38.8 Å². The second-order valence-electron chi connectivity index (χ2n) is 3.70. The standard InChI is InChI=1S/C13H21NO/c1-4-9-15-13-8-6-7-12(10-13)11(3)14-5-2/h6-8,10-11,14H,4-5,9H2,1-3H3. The van der Waals surface area contributed by atoms with Crippen LogP contribution in [0.3, 0.4) is 0 Å². The van der Waals surface area contributed by atoms with Crippen molar-refractivity contribution in [3.05, 3.63) is 29.8 Å². The average Bonchev–Trinajstić information content (AvgIpc) is 2.27. The van der Waals surface area contributed by atoms with E-state index in [9.17, 15) is 0 Å². The minimum Gasteiger partial charge on any atom is -0.494 e. The van der Waals surface area contributed by atoms with Gasteiger partial charge in [-0.25, -0.2) is 0 Å². The first-order chi connectivity index (χ1) is 7.27. The van der Waals surface area contributed by atoms with Crippen molar-refractivity contribution in [1.82, 2.24) is 5.32 Å². The maximum Gasteiger partial charge on any atom is 0.119 e. The summed E-state index contributed by atoms with van der Waals surface area (Å²) in [4.78, 5) is 0. The van der Waals surface area contributed by atoms with Crippen molar-refractivity contribution in [2.24, 2.45) is 0 Å². The van der Waals surface area contributed by atoms with E-state index in [4.69, 9.17) is 4.74 Å². The Bertz CT molecular complexity index is 286. The summed E-state index contributed by atoms with van der Waals surface area (Å²) in [6.45, 7) is 8.18. The van der Waals surface area contributed by atoms with Crippen LogP contribution in [0.2, 0.25) is 0 Å². The molecule has 0 aliphatic heterocycles. The molecule has 15 heavy (non-hydrogen) atoms. The quantitative estimate of drug-likeness (QED) is 0.773. The predicted octanol–water partition coefficient (Wildman–Crippen LogP) is 3.15. The zero-order valence-electron chi connectivity index (χ0n) is 9.92. The highest BCUT2D eigenvalue weighted by Crippen LogP contribution is 2.18. The van der Waals surface area contributed by atoms with Crippen LogP contribution in [0.15, 0.2) is 24.3 Å². The third-order valence-corrected chi connectivity index (χ3v) is 2.34. The van der Waals surface area contributed by atoms with Crippen molar-refractivity contribution in [3.8, 4) is 5.75 Å². The molecule has 0 aliphatic carbocycles. The molecule has 2 heteroatoms.